The van der Waals surface area contributed by atoms with Crippen molar-refractivity contribution in [1.29, 1.82) is 0 Å². The highest BCUT2D eigenvalue weighted by Gasteiger charge is 2.40. The molecule has 0 amide bonds. The third-order valence-electron chi connectivity index (χ3n) is 5.09. The maximum atomic E-state index is 9.60. The van der Waals surface area contributed by atoms with Gasteiger partial charge in [0.1, 0.15) is 0 Å². The molecule has 3 atom stereocenters. The number of benzene rings is 2. The van der Waals surface area contributed by atoms with E-state index in [1.54, 1.807) is 0 Å². The van der Waals surface area contributed by atoms with Crippen LogP contribution in [0.25, 0.3) is 0 Å². The standard InChI is InChI=1S/C21H22Cl2N2O/c1-3-12-25-20(15-4-8-17(22)9-5-15)13-19(24-26)14(2)21(25)16-6-10-18(23)11-7-16/h3-11,14,20-21,26H,1,12-13H2,2H3/b24-19-. The van der Waals surface area contributed by atoms with Crippen LogP contribution >= 0.6 is 23.2 Å². The monoisotopic (exact) mass is 388 g/mol. The number of likely N-dealkylation sites (tertiary alicyclic amines) is 1. The Bertz CT molecular complexity index is 787. The van der Waals surface area contributed by atoms with Crippen molar-refractivity contribution in [1.82, 2.24) is 4.90 Å². The minimum atomic E-state index is 0.0607. The predicted molar refractivity (Wildman–Crippen MR) is 108 cm³/mol. The molecular weight excluding hydrogens is 367 g/mol. The molecule has 0 aliphatic carbocycles. The van der Waals surface area contributed by atoms with Crippen LogP contribution in [0.1, 0.15) is 36.6 Å². The number of oxime groups is 1. The van der Waals surface area contributed by atoms with Crippen molar-refractivity contribution in [2.24, 2.45) is 11.1 Å². The van der Waals surface area contributed by atoms with E-state index >= 15 is 0 Å². The van der Waals surface area contributed by atoms with E-state index in [0.717, 1.165) is 23.4 Å². The van der Waals surface area contributed by atoms with Gasteiger partial charge in [-0.05, 0) is 35.4 Å². The van der Waals surface area contributed by atoms with Crippen LogP contribution in [0.2, 0.25) is 10.0 Å². The molecular formula is C21H22Cl2N2O. The Kier molecular flexibility index (Phi) is 6.02. The zero-order valence-corrected chi connectivity index (χ0v) is 16.2. The molecule has 0 bridgehead atoms. The van der Waals surface area contributed by atoms with Crippen LogP contribution in [0.3, 0.4) is 0 Å². The highest BCUT2D eigenvalue weighted by molar-refractivity contribution is 6.30. The summed E-state index contributed by atoms with van der Waals surface area (Å²) in [7, 11) is 0. The van der Waals surface area contributed by atoms with Gasteiger partial charge in [0.25, 0.3) is 0 Å². The molecule has 136 valence electrons. The average Bonchev–Trinajstić information content (AvgIpc) is 2.64. The molecule has 26 heavy (non-hydrogen) atoms. The molecule has 1 aliphatic rings. The lowest BCUT2D eigenvalue weighted by Gasteiger charge is -2.46. The van der Waals surface area contributed by atoms with Crippen LogP contribution in [0.5, 0.6) is 0 Å². The summed E-state index contributed by atoms with van der Waals surface area (Å²) in [6.45, 7) is 6.77. The number of rotatable bonds is 4. The topological polar surface area (TPSA) is 35.8 Å². The van der Waals surface area contributed by atoms with Crippen molar-refractivity contribution in [2.75, 3.05) is 6.54 Å². The first kappa shape index (κ1) is 19.0. The van der Waals surface area contributed by atoms with Crippen molar-refractivity contribution >= 4 is 28.9 Å². The average molecular weight is 389 g/mol. The van der Waals surface area contributed by atoms with Gasteiger partial charge in [0.2, 0.25) is 0 Å². The van der Waals surface area contributed by atoms with Gasteiger partial charge >= 0.3 is 0 Å². The van der Waals surface area contributed by atoms with E-state index in [-0.39, 0.29) is 18.0 Å². The summed E-state index contributed by atoms with van der Waals surface area (Å²) in [6.07, 6.45) is 2.58. The first-order valence-corrected chi connectivity index (χ1v) is 9.39. The molecule has 1 heterocycles. The Morgan fingerprint density at radius 1 is 1.08 bits per heavy atom. The van der Waals surface area contributed by atoms with Gasteiger partial charge in [-0.1, -0.05) is 65.6 Å². The number of piperidine rings is 1. The van der Waals surface area contributed by atoms with E-state index in [1.165, 1.54) is 0 Å². The Labute approximate surface area is 164 Å². The number of hydrogen-bond acceptors (Lipinski definition) is 3. The first-order valence-electron chi connectivity index (χ1n) is 8.63. The second-order valence-electron chi connectivity index (χ2n) is 6.63. The second-order valence-corrected chi connectivity index (χ2v) is 7.51. The van der Waals surface area contributed by atoms with Crippen LogP contribution in [-0.2, 0) is 0 Å². The van der Waals surface area contributed by atoms with Crippen molar-refractivity contribution in [2.45, 2.75) is 25.4 Å². The summed E-state index contributed by atoms with van der Waals surface area (Å²) >= 11 is 12.1. The van der Waals surface area contributed by atoms with Gasteiger partial charge in [0, 0.05) is 41.0 Å². The van der Waals surface area contributed by atoms with Crippen LogP contribution in [0.4, 0.5) is 0 Å². The molecule has 0 spiro atoms. The molecule has 2 aromatic rings. The summed E-state index contributed by atoms with van der Waals surface area (Å²) in [4.78, 5) is 2.40. The fourth-order valence-corrected chi connectivity index (χ4v) is 4.07. The molecule has 2 aromatic carbocycles. The lowest BCUT2D eigenvalue weighted by Crippen LogP contribution is -2.44. The van der Waals surface area contributed by atoms with E-state index in [9.17, 15) is 5.21 Å². The van der Waals surface area contributed by atoms with E-state index in [2.05, 4.69) is 23.6 Å². The van der Waals surface area contributed by atoms with E-state index < -0.39 is 0 Å². The summed E-state index contributed by atoms with van der Waals surface area (Å²) in [6, 6.07) is 15.9. The molecule has 5 heteroatoms. The molecule has 3 nitrogen and oxygen atoms in total. The highest BCUT2D eigenvalue weighted by Crippen LogP contribution is 2.43. The van der Waals surface area contributed by atoms with Gasteiger partial charge < -0.3 is 5.21 Å². The molecule has 1 aliphatic heterocycles. The van der Waals surface area contributed by atoms with Crippen LogP contribution in [0.15, 0.2) is 66.3 Å². The number of hydrogen-bond donors (Lipinski definition) is 1. The Balaban J connectivity index is 2.07. The fraction of sp³-hybridized carbons (Fsp3) is 0.286. The third-order valence-corrected chi connectivity index (χ3v) is 5.60. The Morgan fingerprint density at radius 3 is 2.12 bits per heavy atom. The summed E-state index contributed by atoms with van der Waals surface area (Å²) < 4.78 is 0. The van der Waals surface area contributed by atoms with Gasteiger partial charge in [-0.3, -0.25) is 4.90 Å². The normalized spacial score (nSPS) is 25.3. The molecule has 3 rings (SSSR count). The van der Waals surface area contributed by atoms with E-state index in [1.807, 2.05) is 54.6 Å². The lowest BCUT2D eigenvalue weighted by atomic mass is 9.79. The smallest absolute Gasteiger partial charge is 0.0636 e. The Morgan fingerprint density at radius 2 is 1.62 bits per heavy atom. The third kappa shape index (κ3) is 3.80. The molecule has 3 unspecified atom stereocenters. The summed E-state index contributed by atoms with van der Waals surface area (Å²) in [5.41, 5.74) is 3.08. The van der Waals surface area contributed by atoms with Crippen molar-refractivity contribution < 1.29 is 5.21 Å². The molecule has 1 saturated heterocycles. The number of halogens is 2. The van der Waals surface area contributed by atoms with Gasteiger partial charge in [-0.2, -0.15) is 0 Å². The molecule has 0 aromatic heterocycles. The maximum absolute atomic E-state index is 9.60. The van der Waals surface area contributed by atoms with Crippen molar-refractivity contribution in [3.8, 4) is 0 Å². The predicted octanol–water partition coefficient (Wildman–Crippen LogP) is 6.13. The second kappa shape index (κ2) is 8.26. The van der Waals surface area contributed by atoms with E-state index in [4.69, 9.17) is 23.2 Å². The van der Waals surface area contributed by atoms with Crippen LogP contribution in [-0.4, -0.2) is 22.4 Å². The van der Waals surface area contributed by atoms with Gasteiger partial charge in [0.15, 0.2) is 0 Å². The summed E-state index contributed by atoms with van der Waals surface area (Å²) in [5, 5.41) is 14.6. The Hall–Kier alpha value is -1.81. The van der Waals surface area contributed by atoms with Gasteiger partial charge in [-0.15, -0.1) is 6.58 Å². The van der Waals surface area contributed by atoms with E-state index in [0.29, 0.717) is 16.5 Å². The van der Waals surface area contributed by atoms with Crippen LogP contribution < -0.4 is 0 Å². The van der Waals surface area contributed by atoms with Crippen LogP contribution in [0, 0.1) is 5.92 Å². The molecule has 0 saturated carbocycles. The number of nitrogens with zero attached hydrogens (tertiary/aromatic N) is 2. The van der Waals surface area contributed by atoms with Gasteiger partial charge in [-0.25, -0.2) is 0 Å². The van der Waals surface area contributed by atoms with Crippen molar-refractivity contribution in [3.05, 3.63) is 82.4 Å². The zero-order chi connectivity index (χ0) is 18.7. The molecule has 0 radical (unpaired) electrons. The van der Waals surface area contributed by atoms with Gasteiger partial charge in [0.05, 0.1) is 5.71 Å². The van der Waals surface area contributed by atoms with Crippen molar-refractivity contribution in [3.63, 3.8) is 0 Å². The fourth-order valence-electron chi connectivity index (χ4n) is 3.82. The first-order chi connectivity index (χ1) is 12.5. The molecule has 1 N–H and O–H groups in total. The molecule has 1 fully saturated rings. The largest absolute Gasteiger partial charge is 0.411 e. The zero-order valence-electron chi connectivity index (χ0n) is 14.6. The minimum Gasteiger partial charge on any atom is -0.411 e. The SMILES string of the molecule is C=CCN1C(c2ccc(Cl)cc2)C/C(=N/O)C(C)C1c1ccc(Cl)cc1. The highest BCUT2D eigenvalue weighted by atomic mass is 35.5. The quantitative estimate of drug-likeness (QED) is 0.388. The lowest BCUT2D eigenvalue weighted by molar-refractivity contribution is 0.109. The summed E-state index contributed by atoms with van der Waals surface area (Å²) in [5.74, 6) is 0.0738. The maximum Gasteiger partial charge on any atom is 0.0636 e. The minimum absolute atomic E-state index is 0.0607.